The average Bonchev–Trinajstić information content (AvgIpc) is 1.58. The largest absolute Gasteiger partial charge is 0.412 e. The molecular weight excluding hydrogens is 1290 g/mol. The van der Waals surface area contributed by atoms with Gasteiger partial charge in [-0.3, -0.25) is 62.7 Å². The van der Waals surface area contributed by atoms with Gasteiger partial charge in [0.1, 0.15) is 61.2 Å². The Bertz CT molecular complexity index is 3870. The number of benzene rings is 4. The number of para-hydroxylation sites is 1. The van der Waals surface area contributed by atoms with Crippen LogP contribution in [0.2, 0.25) is 0 Å². The lowest BCUT2D eigenvalue weighted by atomic mass is 9.99. The van der Waals surface area contributed by atoms with Crippen LogP contribution in [0, 0.1) is 5.92 Å². The number of aromatic nitrogens is 1. The molecule has 534 valence electrons. The molecule has 0 saturated carbocycles. The number of nitrogens with zero attached hydrogens (tertiary/aromatic N) is 5. The minimum Gasteiger partial charge on any atom is -0.412 e. The molecule has 2 saturated heterocycles. The summed E-state index contributed by atoms with van der Waals surface area (Å²) in [5.41, 5.74) is 20.0. The molecule has 0 aliphatic carbocycles. The van der Waals surface area contributed by atoms with Crippen molar-refractivity contribution in [3.05, 3.63) is 120 Å². The van der Waals surface area contributed by atoms with E-state index in [-0.39, 0.29) is 106 Å². The molecule has 32 nitrogen and oxygen atoms in total. The highest BCUT2D eigenvalue weighted by molar-refractivity contribution is 6.03. The maximum absolute atomic E-state index is 14.7. The molecule has 2 fully saturated rings. The van der Waals surface area contributed by atoms with Crippen LogP contribution in [0.5, 0.6) is 0 Å². The SMILES string of the molecule is CC(=O)ON(C(=O)CNC(=O)[C@@H]1CCCN1C(=O)[C@H](CCCN=C(N)N)NC(=O)[C@H](CC(C)C)NC(=O)[C@H](N)Cc1ccc2ccccc2c1)C(=O)[C@H](Cc1ccccc1)NC(=O)[C@H](CO)NC(=O)[C@H](Cc1c[nH]c2ccccc12)NC(=O)[C@H](CC1C=NC=N1)NC(=O)[C@@H]1CCC(=O)N1.O. The molecule has 4 heterocycles. The first kappa shape index (κ1) is 76.4. The van der Waals surface area contributed by atoms with E-state index in [4.69, 9.17) is 22.0 Å². The number of fused-ring (bicyclic) bond motifs is 2. The number of aliphatic imine (C=N–C) groups is 3. The van der Waals surface area contributed by atoms with Crippen LogP contribution >= 0.6 is 0 Å². The zero-order valence-corrected chi connectivity index (χ0v) is 55.6. The second-order valence-corrected chi connectivity index (χ2v) is 24.9. The second-order valence-electron chi connectivity index (χ2n) is 24.9. The van der Waals surface area contributed by atoms with Crippen molar-refractivity contribution >= 4 is 111 Å². The third-order valence-electron chi connectivity index (χ3n) is 16.9. The number of aliphatic hydroxyl groups excluding tert-OH is 1. The van der Waals surface area contributed by atoms with Gasteiger partial charge < -0.3 is 85.0 Å². The Hall–Kier alpha value is -11.0. The van der Waals surface area contributed by atoms with Crippen molar-refractivity contribution in [3.8, 4) is 0 Å². The van der Waals surface area contributed by atoms with Gasteiger partial charge in [-0.25, -0.2) is 9.79 Å². The fourth-order valence-electron chi connectivity index (χ4n) is 11.8. The number of aliphatic hydroxyl groups is 1. The number of nitrogens with one attached hydrogen (secondary N) is 9. The summed E-state index contributed by atoms with van der Waals surface area (Å²) in [5.74, 6) is -11.1. The molecule has 10 atom stereocenters. The molecule has 100 heavy (non-hydrogen) atoms. The van der Waals surface area contributed by atoms with E-state index in [1.807, 2.05) is 56.3 Å². The molecule has 3 aliphatic heterocycles. The zero-order chi connectivity index (χ0) is 71.3. The van der Waals surface area contributed by atoms with Crippen molar-refractivity contribution in [2.24, 2.45) is 38.1 Å². The van der Waals surface area contributed by atoms with E-state index in [0.717, 1.165) is 23.3 Å². The topological polar surface area (TPSA) is 499 Å². The van der Waals surface area contributed by atoms with Gasteiger partial charge in [0.2, 0.25) is 53.2 Å². The fraction of sp³-hybridized carbons (Fsp3) is 0.426. The third-order valence-corrected chi connectivity index (χ3v) is 16.9. The van der Waals surface area contributed by atoms with Crippen molar-refractivity contribution in [2.75, 3.05) is 26.2 Å². The first-order valence-corrected chi connectivity index (χ1v) is 32.7. The Morgan fingerprint density at radius 2 is 1.39 bits per heavy atom. The number of imide groups is 1. The summed E-state index contributed by atoms with van der Waals surface area (Å²) in [5, 5.41) is 34.3. The van der Waals surface area contributed by atoms with Crippen molar-refractivity contribution in [1.29, 1.82) is 0 Å². The summed E-state index contributed by atoms with van der Waals surface area (Å²) < 4.78 is 0. The van der Waals surface area contributed by atoms with Crippen molar-refractivity contribution in [2.45, 2.75) is 152 Å². The molecule has 5 aromatic rings. The second kappa shape index (κ2) is 36.6. The van der Waals surface area contributed by atoms with Crippen LogP contribution in [-0.4, -0.2) is 202 Å². The summed E-state index contributed by atoms with van der Waals surface area (Å²) in [6.45, 7) is 2.58. The van der Waals surface area contributed by atoms with Crippen LogP contribution in [0.4, 0.5) is 0 Å². The van der Waals surface area contributed by atoms with Gasteiger partial charge in [-0.2, -0.15) is 0 Å². The average molecular weight is 1380 g/mol. The van der Waals surface area contributed by atoms with Gasteiger partial charge in [0, 0.05) is 69.0 Å². The minimum absolute atomic E-state index is 0. The molecule has 0 radical (unpaired) electrons. The van der Waals surface area contributed by atoms with Gasteiger partial charge in [0.25, 0.3) is 11.8 Å². The molecule has 4 aromatic carbocycles. The Balaban J connectivity index is 0.0000140. The van der Waals surface area contributed by atoms with Gasteiger partial charge in [-0.15, -0.1) is 0 Å². The maximum Gasteiger partial charge on any atom is 0.330 e. The van der Waals surface area contributed by atoms with Crippen LogP contribution in [0.25, 0.3) is 21.7 Å². The number of carbonyl (C=O) groups is 12. The smallest absolute Gasteiger partial charge is 0.330 e. The molecule has 8 rings (SSSR count). The quantitative estimate of drug-likeness (QED) is 0.00953. The molecule has 11 amide bonds. The lowest BCUT2D eigenvalue weighted by Crippen LogP contribution is -2.61. The van der Waals surface area contributed by atoms with E-state index >= 15 is 0 Å². The van der Waals surface area contributed by atoms with Gasteiger partial charge in [-0.1, -0.05) is 110 Å². The number of aromatic amines is 1. The number of likely N-dealkylation sites (tertiary alicyclic amines) is 1. The van der Waals surface area contributed by atoms with Crippen LogP contribution in [0.3, 0.4) is 0 Å². The van der Waals surface area contributed by atoms with Crippen LogP contribution in [-0.2, 0) is 81.6 Å². The number of carbonyl (C=O) groups excluding carboxylic acids is 12. The summed E-state index contributed by atoms with van der Waals surface area (Å²) >= 11 is 0. The highest BCUT2D eigenvalue weighted by atomic mass is 16.7. The molecule has 18 N–H and O–H groups in total. The van der Waals surface area contributed by atoms with E-state index in [0.29, 0.717) is 28.5 Å². The van der Waals surface area contributed by atoms with Crippen molar-refractivity contribution in [3.63, 3.8) is 0 Å². The first-order chi connectivity index (χ1) is 47.4. The van der Waals surface area contributed by atoms with E-state index in [2.05, 4.69) is 62.5 Å². The number of amides is 11. The Kier molecular flexibility index (Phi) is 27.9. The zero-order valence-electron chi connectivity index (χ0n) is 55.6. The molecule has 0 spiro atoms. The summed E-state index contributed by atoms with van der Waals surface area (Å²) in [6, 6.07) is 15.8. The number of hydrogen-bond donors (Lipinski definition) is 13. The van der Waals surface area contributed by atoms with E-state index < -0.39 is 139 Å². The Morgan fingerprint density at radius 3 is 2.08 bits per heavy atom. The Morgan fingerprint density at radius 1 is 0.730 bits per heavy atom. The number of hydrogen-bond acceptors (Lipinski definition) is 18. The summed E-state index contributed by atoms with van der Waals surface area (Å²) in [6.07, 6.45) is 4.79. The predicted octanol–water partition coefficient (Wildman–Crippen LogP) is -2.06. The van der Waals surface area contributed by atoms with E-state index in [9.17, 15) is 62.6 Å². The number of rotatable bonds is 32. The lowest BCUT2D eigenvalue weighted by Gasteiger charge is -2.30. The third kappa shape index (κ3) is 21.5. The number of guanidine groups is 1. The van der Waals surface area contributed by atoms with Gasteiger partial charge in [0.05, 0.1) is 18.7 Å². The van der Waals surface area contributed by atoms with Gasteiger partial charge >= 0.3 is 5.97 Å². The number of hydroxylamine groups is 2. The normalized spacial score (nSPS) is 17.4. The van der Waals surface area contributed by atoms with Gasteiger partial charge in [0.15, 0.2) is 5.96 Å². The molecule has 3 aliphatic rings. The Labute approximate surface area is 575 Å². The summed E-state index contributed by atoms with van der Waals surface area (Å²) in [4.78, 5) is 189. The fourth-order valence-corrected chi connectivity index (χ4v) is 11.8. The highest BCUT2D eigenvalue weighted by Crippen LogP contribution is 2.23. The molecule has 0 bridgehead atoms. The van der Waals surface area contributed by atoms with Crippen molar-refractivity contribution < 1.29 is 73.0 Å². The highest BCUT2D eigenvalue weighted by Gasteiger charge is 2.41. The van der Waals surface area contributed by atoms with Crippen LogP contribution in [0.15, 0.2) is 118 Å². The number of H-pyrrole nitrogens is 1. The molecular formula is C68H87N17O15. The molecule has 32 heteroatoms. The summed E-state index contributed by atoms with van der Waals surface area (Å²) in [7, 11) is 0. The van der Waals surface area contributed by atoms with E-state index in [1.165, 1.54) is 17.5 Å². The number of nitrogens with two attached hydrogens (primary N) is 3. The molecule has 1 aromatic heterocycles. The van der Waals surface area contributed by atoms with E-state index in [1.54, 1.807) is 60.8 Å². The minimum atomic E-state index is -1.87. The van der Waals surface area contributed by atoms with Crippen LogP contribution < -0.4 is 59.7 Å². The first-order valence-electron chi connectivity index (χ1n) is 32.7. The predicted molar refractivity (Wildman–Crippen MR) is 367 cm³/mol. The standard InChI is InChI=1S/C68H85N17O14.H2O/c1-38(2)27-51(79-59(90)47(69)29-41-21-22-42-15-7-8-16-43(42)28-41)61(92)78-50(19-11-25-73-68(70)71)66(97)84-26-12-20-56(84)65(96)75-35-58(89)85(99-39(3)87)67(98)54(30-40-13-5-4-6-14-40)82-64(95)55(36-86)83-62(93)52(31-44-33-74-48-18-10-9-17-46(44)48)80-63(94)53(32-45-34-72-37-76-45)81-60(91)49-23-24-57(88)77-49;/h4-10,13-18,21-22,28,33-34,37-38,45,47,49-56,74,86H,11-12,19-20,23-27,29-32,35-36,69H2,1-3H3,(H,75,96)(H,77,88)(H,78,92)(H,79,90)(H,80,94)(H,81,91)(H,82,95)(H,83,93)(H4,70,71,73);1H2/t45?,47-,49+,50+,51+,52+,53+,54+,55+,56+;/m1./s1. The maximum atomic E-state index is 14.7. The lowest BCUT2D eigenvalue weighted by molar-refractivity contribution is -0.202. The van der Waals surface area contributed by atoms with Crippen molar-refractivity contribution in [1.82, 2.24) is 57.5 Å². The molecule has 1 unspecified atom stereocenters. The van der Waals surface area contributed by atoms with Crippen LogP contribution in [0.1, 0.15) is 88.8 Å². The van der Waals surface area contributed by atoms with Gasteiger partial charge in [-0.05, 0) is 84.4 Å². The monoisotopic (exact) mass is 1380 g/mol.